The fraction of sp³-hybridized carbons (Fsp3) is 0.286. The highest BCUT2D eigenvalue weighted by Gasteiger charge is 2.07. The van der Waals surface area contributed by atoms with Crippen LogP contribution in [-0.2, 0) is 0 Å². The van der Waals surface area contributed by atoms with Crippen LogP contribution in [0.15, 0.2) is 16.9 Å². The molecule has 1 aromatic heterocycles. The van der Waals surface area contributed by atoms with Crippen LogP contribution in [-0.4, -0.2) is 9.82 Å². The molecule has 0 aliphatic rings. The number of rotatable bonds is 2. The molecule has 13 heavy (non-hydrogen) atoms. The summed E-state index contributed by atoms with van der Waals surface area (Å²) in [7, 11) is 0. The van der Waals surface area contributed by atoms with Crippen LogP contribution in [0.2, 0.25) is 0 Å². The lowest BCUT2D eigenvalue weighted by Crippen LogP contribution is -2.24. The first-order valence-corrected chi connectivity index (χ1v) is 3.54. The molecule has 0 bridgehead atoms. The van der Waals surface area contributed by atoms with Gasteiger partial charge >= 0.3 is 0 Å². The van der Waals surface area contributed by atoms with E-state index in [1.807, 2.05) is 0 Å². The quantitative estimate of drug-likeness (QED) is 0.482. The molecule has 0 N–H and O–H groups in total. The van der Waals surface area contributed by atoms with Gasteiger partial charge in [-0.2, -0.15) is 4.94 Å². The number of aromatic nitrogens is 1. The first kappa shape index (κ1) is 9.24. The molecule has 0 amide bonds. The third-order valence-electron chi connectivity index (χ3n) is 1.49. The zero-order chi connectivity index (χ0) is 10.0. The van der Waals surface area contributed by atoms with Crippen molar-refractivity contribution < 1.29 is 10.0 Å². The van der Waals surface area contributed by atoms with Gasteiger partial charge in [-0.1, -0.05) is 4.73 Å². The Labute approximate surface area is 73.4 Å². The molecule has 0 radical (unpaired) electrons. The molecule has 1 rings (SSSR count). The van der Waals surface area contributed by atoms with Crippen molar-refractivity contribution >= 4 is 0 Å². The fourth-order valence-corrected chi connectivity index (χ4v) is 1.04. The number of hydrogen-bond donors (Lipinski definition) is 0. The van der Waals surface area contributed by atoms with Gasteiger partial charge in [-0.25, -0.2) is 10.1 Å². The molecule has 0 atom stereocenters. The van der Waals surface area contributed by atoms with E-state index < -0.39 is 5.09 Å². The first-order chi connectivity index (χ1) is 6.00. The topological polar surface area (TPSA) is 74.4 Å². The van der Waals surface area contributed by atoms with Gasteiger partial charge in [0.25, 0.3) is 0 Å². The number of pyridine rings is 1. The Morgan fingerprint density at radius 1 is 1.38 bits per heavy atom. The molecule has 0 unspecified atom stereocenters. The summed E-state index contributed by atoms with van der Waals surface area (Å²) in [5.41, 5.74) is 0.585. The van der Waals surface area contributed by atoms with E-state index in [4.69, 9.17) is 0 Å². The Hall–Kier alpha value is -1.85. The standard InChI is InChI=1S/C7H8N2O4/c1-5-3-7(10)4-6(2)8(5)13-9(11)12/h3-4H,1-2H3. The van der Waals surface area contributed by atoms with E-state index in [9.17, 15) is 14.9 Å². The maximum absolute atomic E-state index is 10.9. The second-order valence-electron chi connectivity index (χ2n) is 2.57. The molecule has 1 aromatic rings. The Bertz CT molecular complexity index is 370. The van der Waals surface area contributed by atoms with E-state index in [0.29, 0.717) is 11.4 Å². The van der Waals surface area contributed by atoms with E-state index in [-0.39, 0.29) is 5.43 Å². The van der Waals surface area contributed by atoms with E-state index in [0.717, 1.165) is 4.73 Å². The minimum absolute atomic E-state index is 0.196. The van der Waals surface area contributed by atoms with Gasteiger partial charge in [0.05, 0.1) is 0 Å². The van der Waals surface area contributed by atoms with Crippen molar-refractivity contribution in [3.05, 3.63) is 43.9 Å². The lowest BCUT2D eigenvalue weighted by Gasteiger charge is -2.05. The summed E-state index contributed by atoms with van der Waals surface area (Å²) in [4.78, 5) is 25.2. The molecule has 0 aromatic carbocycles. The van der Waals surface area contributed by atoms with E-state index in [2.05, 4.69) is 4.94 Å². The molecule has 1 heterocycles. The van der Waals surface area contributed by atoms with E-state index in [1.54, 1.807) is 13.8 Å². The zero-order valence-electron chi connectivity index (χ0n) is 7.18. The van der Waals surface area contributed by atoms with Crippen molar-refractivity contribution in [2.45, 2.75) is 13.8 Å². The van der Waals surface area contributed by atoms with Crippen molar-refractivity contribution in [3.8, 4) is 0 Å². The molecule has 6 nitrogen and oxygen atoms in total. The van der Waals surface area contributed by atoms with Crippen LogP contribution in [0.25, 0.3) is 0 Å². The molecule has 0 aliphatic heterocycles. The van der Waals surface area contributed by atoms with Gasteiger partial charge in [0, 0.05) is 26.0 Å². The Kier molecular flexibility index (Phi) is 2.32. The normalized spacial score (nSPS) is 9.69. The third-order valence-corrected chi connectivity index (χ3v) is 1.49. The number of aryl methyl sites for hydroxylation is 2. The number of nitrogens with zero attached hydrogens (tertiary/aromatic N) is 2. The van der Waals surface area contributed by atoms with Gasteiger partial charge in [0.1, 0.15) is 11.4 Å². The Morgan fingerprint density at radius 3 is 2.23 bits per heavy atom. The van der Waals surface area contributed by atoms with Crippen molar-refractivity contribution in [1.82, 2.24) is 4.73 Å². The van der Waals surface area contributed by atoms with E-state index in [1.165, 1.54) is 12.1 Å². The largest absolute Gasteiger partial charge is 0.290 e. The third kappa shape index (κ3) is 2.05. The molecule has 70 valence electrons. The predicted octanol–water partition coefficient (Wildman–Crippen LogP) is 0.0854. The maximum Gasteiger partial charge on any atom is 0.186 e. The highest BCUT2D eigenvalue weighted by Crippen LogP contribution is 1.97. The van der Waals surface area contributed by atoms with Crippen molar-refractivity contribution in [2.24, 2.45) is 0 Å². The molecule has 0 aliphatic carbocycles. The SMILES string of the molecule is Cc1cc(=O)cc(C)n1O[N+](=O)[O-]. The average Bonchev–Trinajstić information content (AvgIpc) is 1.96. The van der Waals surface area contributed by atoms with E-state index >= 15 is 0 Å². The molecule has 0 saturated heterocycles. The number of hydrogen-bond acceptors (Lipinski definition) is 4. The van der Waals surface area contributed by atoms with Gasteiger partial charge in [-0.3, -0.25) is 4.79 Å². The van der Waals surface area contributed by atoms with Crippen LogP contribution in [0, 0.1) is 24.0 Å². The highest BCUT2D eigenvalue weighted by molar-refractivity contribution is 5.10. The smallest absolute Gasteiger partial charge is 0.186 e. The van der Waals surface area contributed by atoms with Crippen molar-refractivity contribution in [3.63, 3.8) is 0 Å². The summed E-state index contributed by atoms with van der Waals surface area (Å²) in [6, 6.07) is 2.52. The van der Waals surface area contributed by atoms with Crippen LogP contribution in [0.1, 0.15) is 11.4 Å². The summed E-state index contributed by atoms with van der Waals surface area (Å²) in [5, 5.41) is 9.12. The summed E-state index contributed by atoms with van der Waals surface area (Å²) in [6.45, 7) is 3.11. The fourth-order valence-electron chi connectivity index (χ4n) is 1.04. The minimum atomic E-state index is -0.926. The van der Waals surface area contributed by atoms with Crippen LogP contribution < -0.4 is 10.4 Å². The van der Waals surface area contributed by atoms with Crippen LogP contribution in [0.4, 0.5) is 0 Å². The molecule has 0 saturated carbocycles. The molecular formula is C7H8N2O4. The predicted molar refractivity (Wildman–Crippen MR) is 43.8 cm³/mol. The van der Waals surface area contributed by atoms with Crippen LogP contribution in [0.3, 0.4) is 0 Å². The van der Waals surface area contributed by atoms with Gasteiger partial charge in [0.15, 0.2) is 10.5 Å². The summed E-state index contributed by atoms with van der Waals surface area (Å²) in [6.07, 6.45) is 0. The summed E-state index contributed by atoms with van der Waals surface area (Å²) >= 11 is 0. The Balaban J connectivity index is 3.20. The highest BCUT2D eigenvalue weighted by atomic mass is 17.0. The Morgan fingerprint density at radius 2 is 1.85 bits per heavy atom. The molecule has 6 heteroatoms. The van der Waals surface area contributed by atoms with Gasteiger partial charge in [0.2, 0.25) is 0 Å². The molecule has 0 spiro atoms. The zero-order valence-corrected chi connectivity index (χ0v) is 7.18. The average molecular weight is 184 g/mol. The maximum atomic E-state index is 10.9. The lowest BCUT2D eigenvalue weighted by molar-refractivity contribution is -0.750. The minimum Gasteiger partial charge on any atom is -0.290 e. The second-order valence-corrected chi connectivity index (χ2v) is 2.57. The van der Waals surface area contributed by atoms with Gasteiger partial charge in [-0.15, -0.1) is 0 Å². The lowest BCUT2D eigenvalue weighted by atomic mass is 10.3. The molecule has 0 fully saturated rings. The van der Waals surface area contributed by atoms with Gasteiger partial charge in [-0.05, 0) is 0 Å². The monoisotopic (exact) mass is 184 g/mol. The van der Waals surface area contributed by atoms with Crippen molar-refractivity contribution in [1.29, 1.82) is 0 Å². The summed E-state index contributed by atoms with van der Waals surface area (Å²) < 4.78 is 0.987. The first-order valence-electron chi connectivity index (χ1n) is 3.54. The van der Waals surface area contributed by atoms with Crippen LogP contribution in [0.5, 0.6) is 0 Å². The van der Waals surface area contributed by atoms with Gasteiger partial charge < -0.3 is 0 Å². The summed E-state index contributed by atoms with van der Waals surface area (Å²) in [5.74, 6) is 0. The van der Waals surface area contributed by atoms with Crippen molar-refractivity contribution in [2.75, 3.05) is 0 Å². The second kappa shape index (κ2) is 3.26. The van der Waals surface area contributed by atoms with Crippen LogP contribution >= 0.6 is 0 Å². The molecular weight excluding hydrogens is 176 g/mol.